The van der Waals surface area contributed by atoms with Crippen molar-refractivity contribution in [3.8, 4) is 0 Å². The molecule has 2 nitrogen and oxygen atoms in total. The summed E-state index contributed by atoms with van der Waals surface area (Å²) in [4.78, 5) is 8.35. The number of nitrogens with one attached hydrogen (secondary N) is 1. The molecule has 0 aromatic heterocycles. The van der Waals surface area contributed by atoms with Crippen LogP contribution < -0.4 is 0 Å². The Bertz CT molecular complexity index is 588. The second kappa shape index (κ2) is 10.1. The average molecular weight is 376 g/mol. The van der Waals surface area contributed by atoms with Gasteiger partial charge in [0, 0.05) is 5.02 Å². The van der Waals surface area contributed by atoms with Crippen LogP contribution in [0.25, 0.3) is 0 Å². The molecule has 1 atom stereocenters. The molecule has 3 heteroatoms. The maximum Gasteiger partial charge on any atom is 0.231 e. The summed E-state index contributed by atoms with van der Waals surface area (Å²) in [7, 11) is 0. The Hall–Kier alpha value is -1.37. The fourth-order valence-corrected chi connectivity index (χ4v) is 4.52. The summed E-state index contributed by atoms with van der Waals surface area (Å²) in [6.45, 7) is 13.7. The van der Waals surface area contributed by atoms with Crippen molar-refractivity contribution in [2.45, 2.75) is 72.1 Å². The maximum absolute atomic E-state index is 8.35. The van der Waals surface area contributed by atoms with Crippen LogP contribution in [0.5, 0.6) is 0 Å². The monoisotopic (exact) mass is 375 g/mol. The van der Waals surface area contributed by atoms with Crippen molar-refractivity contribution in [3.63, 3.8) is 0 Å². The quantitative estimate of drug-likeness (QED) is 0.322. The zero-order valence-electron chi connectivity index (χ0n) is 16.8. The zero-order chi connectivity index (χ0) is 19.8. The van der Waals surface area contributed by atoms with Gasteiger partial charge in [0.05, 0.1) is 0 Å². The van der Waals surface area contributed by atoms with Gasteiger partial charge in [0.25, 0.3) is 0 Å². The van der Waals surface area contributed by atoms with Crippen molar-refractivity contribution < 1.29 is 4.79 Å². The highest BCUT2D eigenvalue weighted by atomic mass is 35.5. The number of allylic oxidation sites excluding steroid dienone is 1. The smallest absolute Gasteiger partial charge is 0.222 e. The van der Waals surface area contributed by atoms with Crippen molar-refractivity contribution in [2.24, 2.45) is 16.7 Å². The fourth-order valence-electron chi connectivity index (χ4n) is 4.39. The molecule has 0 bridgehead atoms. The molecular weight excluding hydrogens is 342 g/mol. The largest absolute Gasteiger partial charge is 0.231 e. The van der Waals surface area contributed by atoms with E-state index < -0.39 is 0 Å². The lowest BCUT2D eigenvalue weighted by Gasteiger charge is -2.50. The standard InChI is InChI=1S/C22H33Cl.CHNO/c1-6-7-16-22(5,21(2,3)4)19-12-8-17(9-13-19)18-10-14-20(23)15-11-18;2-1-3/h6,10-11,14-15,17,19H,1,7-9,12-13,16H2,2-5H3;2H. The molecule has 26 heavy (non-hydrogen) atoms. The van der Waals surface area contributed by atoms with Gasteiger partial charge in [-0.05, 0) is 78.9 Å². The first-order chi connectivity index (χ1) is 12.2. The minimum atomic E-state index is 0.341. The molecule has 1 saturated carbocycles. The van der Waals surface area contributed by atoms with Crippen LogP contribution in [0.1, 0.15) is 77.7 Å². The predicted molar refractivity (Wildman–Crippen MR) is 112 cm³/mol. The fraction of sp³-hybridized carbons (Fsp3) is 0.609. The van der Waals surface area contributed by atoms with Crippen LogP contribution in [0.2, 0.25) is 5.02 Å². The molecule has 1 unspecified atom stereocenters. The lowest BCUT2D eigenvalue weighted by Crippen LogP contribution is -2.41. The van der Waals surface area contributed by atoms with Gasteiger partial charge in [-0.3, -0.25) is 0 Å². The summed E-state index contributed by atoms with van der Waals surface area (Å²) < 4.78 is 0. The summed E-state index contributed by atoms with van der Waals surface area (Å²) in [6, 6.07) is 8.50. The summed E-state index contributed by atoms with van der Waals surface area (Å²) in [6.07, 6.45) is 10.5. The first-order valence-corrected chi connectivity index (χ1v) is 9.97. The first kappa shape index (κ1) is 22.7. The SMILES string of the molecule is C=CCCC(C)(C1CCC(c2ccc(Cl)cc2)CC1)C(C)(C)C.N=C=O. The molecule has 0 amide bonds. The topological polar surface area (TPSA) is 40.9 Å². The van der Waals surface area contributed by atoms with Crippen LogP contribution in [-0.4, -0.2) is 6.08 Å². The summed E-state index contributed by atoms with van der Waals surface area (Å²) in [5.74, 6) is 1.54. The highest BCUT2D eigenvalue weighted by Crippen LogP contribution is 2.54. The number of benzene rings is 1. The Balaban J connectivity index is 0.00000105. The van der Waals surface area contributed by atoms with Gasteiger partial charge in [-0.15, -0.1) is 6.58 Å². The molecule has 2 rings (SSSR count). The van der Waals surface area contributed by atoms with E-state index in [9.17, 15) is 0 Å². The molecule has 1 aliphatic carbocycles. The number of hydrogen-bond acceptors (Lipinski definition) is 2. The Kier molecular flexibility index (Phi) is 8.80. The van der Waals surface area contributed by atoms with Gasteiger partial charge in [-0.25, -0.2) is 10.2 Å². The molecule has 1 aromatic carbocycles. The Morgan fingerprint density at radius 2 is 1.65 bits per heavy atom. The lowest BCUT2D eigenvalue weighted by atomic mass is 9.55. The molecule has 1 fully saturated rings. The van der Waals surface area contributed by atoms with Crippen molar-refractivity contribution >= 4 is 17.7 Å². The summed E-state index contributed by atoms with van der Waals surface area (Å²) in [5.41, 5.74) is 2.20. The number of carbonyl (C=O) groups excluding carboxylic acids is 1. The molecule has 0 spiro atoms. The molecule has 0 heterocycles. The highest BCUT2D eigenvalue weighted by molar-refractivity contribution is 6.30. The Morgan fingerprint density at radius 3 is 2.08 bits per heavy atom. The van der Waals surface area contributed by atoms with Crippen LogP contribution in [-0.2, 0) is 4.79 Å². The molecular formula is C23H34ClNO. The lowest BCUT2D eigenvalue weighted by molar-refractivity contribution is 0.00338. The molecule has 1 aromatic rings. The van der Waals surface area contributed by atoms with E-state index in [0.717, 1.165) is 23.4 Å². The number of isocyanates is 1. The minimum Gasteiger partial charge on any atom is -0.222 e. The van der Waals surface area contributed by atoms with Crippen molar-refractivity contribution in [1.29, 1.82) is 5.41 Å². The average Bonchev–Trinajstić information content (AvgIpc) is 2.60. The van der Waals surface area contributed by atoms with E-state index in [1.165, 1.54) is 37.7 Å². The van der Waals surface area contributed by atoms with Gasteiger partial charge in [0.15, 0.2) is 0 Å². The van der Waals surface area contributed by atoms with Gasteiger partial charge in [0.1, 0.15) is 0 Å². The Labute approximate surface area is 164 Å². The van der Waals surface area contributed by atoms with E-state index in [0.29, 0.717) is 16.7 Å². The zero-order valence-corrected chi connectivity index (χ0v) is 17.5. The van der Waals surface area contributed by atoms with Crippen LogP contribution >= 0.6 is 11.6 Å². The van der Waals surface area contributed by atoms with Crippen molar-refractivity contribution in [3.05, 3.63) is 47.5 Å². The van der Waals surface area contributed by atoms with E-state index in [1.54, 1.807) is 0 Å². The summed E-state index contributed by atoms with van der Waals surface area (Å²) >= 11 is 6.02. The molecule has 1 N–H and O–H groups in total. The molecule has 1 aliphatic rings. The second-order valence-electron chi connectivity index (χ2n) is 8.70. The first-order valence-electron chi connectivity index (χ1n) is 9.59. The van der Waals surface area contributed by atoms with E-state index in [1.807, 2.05) is 12.1 Å². The van der Waals surface area contributed by atoms with E-state index in [4.69, 9.17) is 21.8 Å². The molecule has 0 aliphatic heterocycles. The summed E-state index contributed by atoms with van der Waals surface area (Å²) in [5, 5.41) is 6.24. The van der Waals surface area contributed by atoms with Gasteiger partial charge < -0.3 is 0 Å². The number of halogens is 1. The number of rotatable bonds is 5. The van der Waals surface area contributed by atoms with Crippen molar-refractivity contribution in [2.75, 3.05) is 0 Å². The molecule has 0 radical (unpaired) electrons. The molecule has 144 valence electrons. The van der Waals surface area contributed by atoms with Crippen LogP contribution in [0.3, 0.4) is 0 Å². The van der Waals surface area contributed by atoms with Crippen LogP contribution in [0.15, 0.2) is 36.9 Å². The number of hydrogen-bond donors (Lipinski definition) is 1. The van der Waals surface area contributed by atoms with Crippen LogP contribution in [0.4, 0.5) is 0 Å². The molecule has 0 saturated heterocycles. The minimum absolute atomic E-state index is 0.341. The highest BCUT2D eigenvalue weighted by Gasteiger charge is 2.44. The van der Waals surface area contributed by atoms with Gasteiger partial charge in [-0.1, -0.05) is 57.5 Å². The third-order valence-corrected chi connectivity index (χ3v) is 6.80. The maximum atomic E-state index is 8.35. The van der Waals surface area contributed by atoms with E-state index >= 15 is 0 Å². The van der Waals surface area contributed by atoms with Gasteiger partial charge in [-0.2, -0.15) is 0 Å². The predicted octanol–water partition coefficient (Wildman–Crippen LogP) is 7.53. The third-order valence-electron chi connectivity index (χ3n) is 6.55. The third kappa shape index (κ3) is 5.83. The van der Waals surface area contributed by atoms with Gasteiger partial charge in [0.2, 0.25) is 6.08 Å². The van der Waals surface area contributed by atoms with Crippen molar-refractivity contribution in [1.82, 2.24) is 0 Å². The Morgan fingerprint density at radius 1 is 1.15 bits per heavy atom. The van der Waals surface area contributed by atoms with Crippen LogP contribution in [0, 0.1) is 22.2 Å². The van der Waals surface area contributed by atoms with Gasteiger partial charge >= 0.3 is 0 Å². The van der Waals surface area contributed by atoms with E-state index in [-0.39, 0.29) is 0 Å². The second-order valence-corrected chi connectivity index (χ2v) is 9.13. The normalized spacial score (nSPS) is 22.3. The van der Waals surface area contributed by atoms with E-state index in [2.05, 4.69) is 52.5 Å².